The Balaban J connectivity index is 1.14. The molecule has 3 aliphatic heterocycles. The van der Waals surface area contributed by atoms with E-state index >= 15 is 0 Å². The molecular weight excluding hydrogens is 447 g/mol. The normalized spacial score (nSPS) is 43.6. The van der Waals surface area contributed by atoms with E-state index in [9.17, 15) is 4.39 Å². The highest BCUT2D eigenvalue weighted by Crippen LogP contribution is 2.69. The molecule has 2 aromatic rings. The zero-order valence-corrected chi connectivity index (χ0v) is 21.4. The van der Waals surface area contributed by atoms with Gasteiger partial charge in [0.2, 0.25) is 0 Å². The first kappa shape index (κ1) is 22.0. The molecule has 1 unspecified atom stereocenters. The number of aromatic nitrogens is 1. The third-order valence-electron chi connectivity index (χ3n) is 11.4. The highest BCUT2D eigenvalue weighted by molar-refractivity contribution is 5.82. The Morgan fingerprint density at radius 1 is 1.08 bits per heavy atom. The van der Waals surface area contributed by atoms with Gasteiger partial charge in [0, 0.05) is 36.9 Å². The number of likely N-dealkylation sites (tertiary alicyclic amines) is 1. The molecule has 8 rings (SSSR count). The largest absolute Gasteiger partial charge is 0.359 e. The van der Waals surface area contributed by atoms with E-state index < -0.39 is 6.17 Å². The van der Waals surface area contributed by atoms with Gasteiger partial charge < -0.3 is 4.74 Å². The number of alkyl halides is 1. The summed E-state index contributed by atoms with van der Waals surface area (Å²) in [5.74, 6) is 1.11. The van der Waals surface area contributed by atoms with Crippen molar-refractivity contribution in [3.63, 3.8) is 0 Å². The van der Waals surface area contributed by atoms with E-state index in [4.69, 9.17) is 4.74 Å². The molecule has 2 bridgehead atoms. The van der Waals surface area contributed by atoms with Gasteiger partial charge in [-0.2, -0.15) is 0 Å². The topological polar surface area (TPSA) is 25.4 Å². The molecule has 3 aliphatic carbocycles. The van der Waals surface area contributed by atoms with E-state index in [0.717, 1.165) is 45.1 Å². The zero-order valence-electron chi connectivity index (χ0n) is 21.4. The Hall–Kier alpha value is -2.04. The van der Waals surface area contributed by atoms with Crippen LogP contribution in [0.3, 0.4) is 0 Å². The quantitative estimate of drug-likeness (QED) is 0.464. The van der Waals surface area contributed by atoms with E-state index in [2.05, 4.69) is 53.2 Å². The minimum absolute atomic E-state index is 0.111. The highest BCUT2D eigenvalue weighted by atomic mass is 19.1. The van der Waals surface area contributed by atoms with E-state index in [-0.39, 0.29) is 16.6 Å². The second-order valence-corrected chi connectivity index (χ2v) is 13.0. The molecule has 0 radical (unpaired) electrons. The minimum atomic E-state index is -0.642. The van der Waals surface area contributed by atoms with Crippen molar-refractivity contribution in [2.75, 3.05) is 13.1 Å². The number of ether oxygens (including phenoxy) is 1. The fraction of sp³-hybridized carbons (Fsp3) is 0.594. The average Bonchev–Trinajstić information content (AvgIpc) is 3.57. The lowest BCUT2D eigenvalue weighted by molar-refractivity contribution is -0.140. The molecule has 0 N–H and O–H groups in total. The first-order valence-electron chi connectivity index (χ1n) is 14.3. The molecule has 2 saturated heterocycles. The predicted molar refractivity (Wildman–Crippen MR) is 141 cm³/mol. The van der Waals surface area contributed by atoms with Crippen molar-refractivity contribution >= 4 is 10.8 Å². The van der Waals surface area contributed by atoms with Crippen molar-refractivity contribution in [3.05, 3.63) is 65.5 Å². The van der Waals surface area contributed by atoms with Crippen LogP contribution >= 0.6 is 0 Å². The van der Waals surface area contributed by atoms with E-state index in [1.165, 1.54) is 40.3 Å². The molecule has 188 valence electrons. The molecule has 7 atom stereocenters. The van der Waals surface area contributed by atoms with Gasteiger partial charge in [0.05, 0.1) is 11.2 Å². The Kier molecular flexibility index (Phi) is 4.59. The van der Waals surface area contributed by atoms with Crippen molar-refractivity contribution < 1.29 is 9.13 Å². The summed E-state index contributed by atoms with van der Waals surface area (Å²) in [6.45, 7) is 4.09. The Bertz CT molecular complexity index is 1300. The van der Waals surface area contributed by atoms with Gasteiger partial charge in [-0.25, -0.2) is 4.39 Å². The third-order valence-corrected chi connectivity index (χ3v) is 11.4. The summed E-state index contributed by atoms with van der Waals surface area (Å²) < 4.78 is 21.5. The Labute approximate surface area is 213 Å². The SMILES string of the molecule is C[C@]12CC=C3C=C4CC[C@@H](N5CC[C@@H](F)C5)C[C@]45CC[C@]3(O5)[C@@H]1CCC2c1ccc2ccncc2c1. The van der Waals surface area contributed by atoms with Crippen LogP contribution in [-0.2, 0) is 4.74 Å². The van der Waals surface area contributed by atoms with Gasteiger partial charge in [-0.3, -0.25) is 9.88 Å². The number of hydrogen-bond acceptors (Lipinski definition) is 3. The number of halogens is 1. The molecule has 36 heavy (non-hydrogen) atoms. The number of fused-ring (bicyclic) bond motifs is 2. The lowest BCUT2D eigenvalue weighted by Crippen LogP contribution is -2.55. The summed E-state index contributed by atoms with van der Waals surface area (Å²) in [5, 5.41) is 2.52. The van der Waals surface area contributed by atoms with Crippen molar-refractivity contribution in [1.29, 1.82) is 0 Å². The van der Waals surface area contributed by atoms with E-state index in [0.29, 0.717) is 30.8 Å². The van der Waals surface area contributed by atoms with Gasteiger partial charge >= 0.3 is 0 Å². The van der Waals surface area contributed by atoms with Crippen molar-refractivity contribution in [1.82, 2.24) is 9.88 Å². The fourth-order valence-corrected chi connectivity index (χ4v) is 9.64. The first-order chi connectivity index (χ1) is 17.5. The monoisotopic (exact) mass is 484 g/mol. The summed E-state index contributed by atoms with van der Waals surface area (Å²) >= 11 is 0. The van der Waals surface area contributed by atoms with Crippen LogP contribution in [0.25, 0.3) is 10.8 Å². The number of hydrogen-bond donors (Lipinski definition) is 0. The number of allylic oxidation sites excluding steroid dienone is 1. The standard InChI is InChI=1S/C32H37FN2O/c1-30-11-8-25-17-24-4-5-27(35-15-10-26(33)20-35)18-31(24)12-13-32(25,36-31)29(30)7-6-28(30)22-3-2-21-9-14-34-19-23(21)16-22/h2-3,8-9,14,16-17,19,26-29H,4-7,10-13,15,18,20H2,1H3/t26-,27-,28?,29-,30-,31-,32-/m1/s1. The second-order valence-electron chi connectivity index (χ2n) is 13.0. The van der Waals surface area contributed by atoms with Crippen LogP contribution in [0, 0.1) is 11.3 Å². The molecular formula is C32H37FN2O. The molecule has 2 spiro atoms. The molecule has 2 saturated carbocycles. The minimum Gasteiger partial charge on any atom is -0.359 e. The lowest BCUT2D eigenvalue weighted by atomic mass is 9.58. The van der Waals surface area contributed by atoms with Crippen molar-refractivity contribution in [3.8, 4) is 0 Å². The summed E-state index contributed by atoms with van der Waals surface area (Å²) in [4.78, 5) is 6.81. The number of rotatable bonds is 2. The van der Waals surface area contributed by atoms with Crippen molar-refractivity contribution in [2.45, 2.75) is 94.0 Å². The van der Waals surface area contributed by atoms with Gasteiger partial charge in [-0.05, 0) is 109 Å². The zero-order chi connectivity index (χ0) is 24.1. The van der Waals surface area contributed by atoms with Crippen LogP contribution in [-0.4, -0.2) is 46.4 Å². The molecule has 4 heteroatoms. The number of benzene rings is 1. The summed E-state index contributed by atoms with van der Waals surface area (Å²) in [5.41, 5.74) is 4.47. The second kappa shape index (κ2) is 7.51. The maximum Gasteiger partial charge on any atom is 0.114 e. The van der Waals surface area contributed by atoms with Gasteiger partial charge in [0.25, 0.3) is 0 Å². The van der Waals surface area contributed by atoms with Gasteiger partial charge in [-0.1, -0.05) is 31.2 Å². The summed E-state index contributed by atoms with van der Waals surface area (Å²) in [6.07, 6.45) is 18.3. The van der Waals surface area contributed by atoms with Crippen LogP contribution in [0.5, 0.6) is 0 Å². The Morgan fingerprint density at radius 2 is 2.03 bits per heavy atom. The molecule has 4 heterocycles. The number of pyridine rings is 1. The van der Waals surface area contributed by atoms with Gasteiger partial charge in [0.1, 0.15) is 6.17 Å². The van der Waals surface area contributed by atoms with E-state index in [1.54, 1.807) is 0 Å². The first-order valence-corrected chi connectivity index (χ1v) is 14.3. The molecule has 4 fully saturated rings. The van der Waals surface area contributed by atoms with Crippen LogP contribution in [0.4, 0.5) is 4.39 Å². The smallest absolute Gasteiger partial charge is 0.114 e. The highest BCUT2D eigenvalue weighted by Gasteiger charge is 2.66. The summed E-state index contributed by atoms with van der Waals surface area (Å²) in [6, 6.07) is 9.63. The van der Waals surface area contributed by atoms with Crippen LogP contribution in [0.1, 0.15) is 76.2 Å². The summed E-state index contributed by atoms with van der Waals surface area (Å²) in [7, 11) is 0. The van der Waals surface area contributed by atoms with Crippen molar-refractivity contribution in [2.24, 2.45) is 11.3 Å². The third kappa shape index (κ3) is 2.89. The Morgan fingerprint density at radius 3 is 2.92 bits per heavy atom. The van der Waals surface area contributed by atoms with Gasteiger partial charge in [0.15, 0.2) is 0 Å². The maximum absolute atomic E-state index is 14.0. The van der Waals surface area contributed by atoms with Crippen LogP contribution in [0.15, 0.2) is 60.0 Å². The molecule has 3 nitrogen and oxygen atoms in total. The average molecular weight is 485 g/mol. The molecule has 6 aliphatic rings. The molecule has 1 aromatic heterocycles. The fourth-order valence-electron chi connectivity index (χ4n) is 9.64. The van der Waals surface area contributed by atoms with E-state index in [1.807, 2.05) is 12.4 Å². The molecule has 0 amide bonds. The van der Waals surface area contributed by atoms with Crippen LogP contribution in [0.2, 0.25) is 0 Å². The molecule has 1 aromatic carbocycles. The predicted octanol–water partition coefficient (Wildman–Crippen LogP) is 6.89. The van der Waals surface area contributed by atoms with Crippen LogP contribution < -0.4 is 0 Å². The maximum atomic E-state index is 14.0. The van der Waals surface area contributed by atoms with Gasteiger partial charge in [-0.15, -0.1) is 0 Å². The lowest BCUT2D eigenvalue weighted by Gasteiger charge is -2.55. The number of nitrogens with zero attached hydrogens (tertiary/aromatic N) is 2.